The third-order valence-corrected chi connectivity index (χ3v) is 3.89. The maximum absolute atomic E-state index is 12.8. The molecule has 0 bridgehead atoms. The van der Waals surface area contributed by atoms with Gasteiger partial charge in [0.1, 0.15) is 0 Å². The Balaban J connectivity index is 1.81. The number of anilines is 1. The Morgan fingerprint density at radius 1 is 0.963 bits per heavy atom. The molecule has 0 fully saturated rings. The number of nitrogens with one attached hydrogen (secondary N) is 1. The number of hydrogen-bond acceptors (Lipinski definition) is 2. The number of carbonyl (C=O) groups is 1. The zero-order chi connectivity index (χ0) is 19.4. The molecule has 0 aliphatic heterocycles. The molecule has 1 amide bonds. The van der Waals surface area contributed by atoms with Gasteiger partial charge < -0.3 is 9.88 Å². The summed E-state index contributed by atoms with van der Waals surface area (Å²) in [5.41, 5.74) is -0.0579. The predicted molar refractivity (Wildman–Crippen MR) is 95.6 cm³/mol. The van der Waals surface area contributed by atoms with Crippen LogP contribution in [0.3, 0.4) is 0 Å². The number of halogens is 3. The number of pyridine rings is 1. The van der Waals surface area contributed by atoms with Gasteiger partial charge in [-0.15, -0.1) is 0 Å². The standard InChI is InChI=1S/C20H15F3N2O2/c21-20(22,23)16-7-4-8-17(11-16)24-19(27)15-9-10-18(26)25(13-15)12-14-5-2-1-3-6-14/h1-11,13H,12H2,(H,24,27). The van der Waals surface area contributed by atoms with Crippen LogP contribution in [-0.4, -0.2) is 10.5 Å². The average molecular weight is 372 g/mol. The van der Waals surface area contributed by atoms with Crippen molar-refractivity contribution in [3.8, 4) is 0 Å². The molecule has 0 saturated heterocycles. The molecular formula is C20H15F3N2O2. The Kier molecular flexibility index (Phi) is 5.12. The van der Waals surface area contributed by atoms with E-state index in [1.807, 2.05) is 30.3 Å². The van der Waals surface area contributed by atoms with Crippen molar-refractivity contribution in [1.29, 1.82) is 0 Å². The van der Waals surface area contributed by atoms with Gasteiger partial charge in [-0.2, -0.15) is 13.2 Å². The lowest BCUT2D eigenvalue weighted by Crippen LogP contribution is -2.22. The van der Waals surface area contributed by atoms with Gasteiger partial charge in [0.2, 0.25) is 0 Å². The zero-order valence-corrected chi connectivity index (χ0v) is 14.0. The number of aromatic nitrogens is 1. The van der Waals surface area contributed by atoms with Crippen LogP contribution in [0.1, 0.15) is 21.5 Å². The van der Waals surface area contributed by atoms with Gasteiger partial charge >= 0.3 is 6.18 Å². The fraction of sp³-hybridized carbons (Fsp3) is 0.100. The highest BCUT2D eigenvalue weighted by molar-refractivity contribution is 6.04. The molecule has 0 saturated carbocycles. The molecule has 0 aliphatic rings. The van der Waals surface area contributed by atoms with Crippen LogP contribution in [0.2, 0.25) is 0 Å². The largest absolute Gasteiger partial charge is 0.416 e. The molecule has 1 aromatic heterocycles. The molecule has 0 unspecified atom stereocenters. The van der Waals surface area contributed by atoms with Crippen molar-refractivity contribution in [2.75, 3.05) is 5.32 Å². The SMILES string of the molecule is O=C(Nc1cccc(C(F)(F)F)c1)c1ccc(=O)n(Cc2ccccc2)c1. The van der Waals surface area contributed by atoms with Gasteiger partial charge in [0.15, 0.2) is 0 Å². The van der Waals surface area contributed by atoms with Crippen LogP contribution in [-0.2, 0) is 12.7 Å². The number of nitrogens with zero attached hydrogens (tertiary/aromatic N) is 1. The predicted octanol–water partition coefficient (Wildman–Crippen LogP) is 4.17. The second-order valence-corrected chi connectivity index (χ2v) is 5.90. The van der Waals surface area contributed by atoms with E-state index in [-0.39, 0.29) is 23.4 Å². The molecule has 3 rings (SSSR count). The quantitative estimate of drug-likeness (QED) is 0.747. The molecule has 4 nitrogen and oxygen atoms in total. The number of hydrogen-bond donors (Lipinski definition) is 1. The summed E-state index contributed by atoms with van der Waals surface area (Å²) >= 11 is 0. The first-order chi connectivity index (χ1) is 12.8. The molecule has 0 radical (unpaired) electrons. The summed E-state index contributed by atoms with van der Waals surface area (Å²) in [4.78, 5) is 24.4. The first-order valence-corrected chi connectivity index (χ1v) is 8.06. The zero-order valence-electron chi connectivity index (χ0n) is 14.0. The number of alkyl halides is 3. The minimum atomic E-state index is -4.50. The summed E-state index contributed by atoms with van der Waals surface area (Å²) < 4.78 is 39.7. The minimum Gasteiger partial charge on any atom is -0.322 e. The van der Waals surface area contributed by atoms with Gasteiger partial charge in [0.25, 0.3) is 11.5 Å². The highest BCUT2D eigenvalue weighted by Gasteiger charge is 2.30. The van der Waals surface area contributed by atoms with Gasteiger partial charge in [-0.3, -0.25) is 9.59 Å². The molecule has 7 heteroatoms. The van der Waals surface area contributed by atoms with Crippen LogP contribution in [0, 0.1) is 0 Å². The molecule has 2 aromatic carbocycles. The molecule has 3 aromatic rings. The Labute approximate surface area is 152 Å². The van der Waals surface area contributed by atoms with Crippen molar-refractivity contribution in [2.45, 2.75) is 12.7 Å². The number of benzene rings is 2. The molecule has 0 spiro atoms. The van der Waals surface area contributed by atoms with E-state index in [0.29, 0.717) is 0 Å². The Hall–Kier alpha value is -3.35. The summed E-state index contributed by atoms with van der Waals surface area (Å²) in [5.74, 6) is -0.601. The van der Waals surface area contributed by atoms with Gasteiger partial charge in [0.05, 0.1) is 17.7 Å². The second kappa shape index (κ2) is 7.49. The summed E-state index contributed by atoms with van der Waals surface area (Å²) in [5, 5.41) is 2.43. The van der Waals surface area contributed by atoms with E-state index in [9.17, 15) is 22.8 Å². The fourth-order valence-corrected chi connectivity index (χ4v) is 2.55. The van der Waals surface area contributed by atoms with E-state index in [2.05, 4.69) is 5.32 Å². The number of rotatable bonds is 4. The lowest BCUT2D eigenvalue weighted by Gasteiger charge is -2.11. The van der Waals surface area contributed by atoms with Crippen LogP contribution >= 0.6 is 0 Å². The van der Waals surface area contributed by atoms with Crippen molar-refractivity contribution in [3.63, 3.8) is 0 Å². The maximum Gasteiger partial charge on any atom is 0.416 e. The molecule has 0 aliphatic carbocycles. The van der Waals surface area contributed by atoms with Crippen LogP contribution < -0.4 is 10.9 Å². The topological polar surface area (TPSA) is 51.1 Å². The molecule has 1 N–H and O–H groups in total. The first kappa shape index (κ1) is 18.4. The normalized spacial score (nSPS) is 11.2. The van der Waals surface area contributed by atoms with Crippen molar-refractivity contribution in [1.82, 2.24) is 4.57 Å². The number of amides is 1. The summed E-state index contributed by atoms with van der Waals surface area (Å²) in [6.45, 7) is 0.282. The fourth-order valence-electron chi connectivity index (χ4n) is 2.55. The Bertz CT molecular complexity index is 1010. The lowest BCUT2D eigenvalue weighted by molar-refractivity contribution is -0.137. The van der Waals surface area contributed by atoms with Gasteiger partial charge in [-0.1, -0.05) is 36.4 Å². The van der Waals surface area contributed by atoms with Crippen molar-refractivity contribution in [2.24, 2.45) is 0 Å². The van der Waals surface area contributed by atoms with E-state index in [1.165, 1.54) is 35.0 Å². The molecular weight excluding hydrogens is 357 g/mol. The lowest BCUT2D eigenvalue weighted by atomic mass is 10.2. The Morgan fingerprint density at radius 2 is 1.70 bits per heavy atom. The summed E-state index contributed by atoms with van der Waals surface area (Å²) in [6.07, 6.45) is -3.11. The van der Waals surface area contributed by atoms with E-state index >= 15 is 0 Å². The van der Waals surface area contributed by atoms with Crippen LogP contribution in [0.15, 0.2) is 77.7 Å². The monoisotopic (exact) mass is 372 g/mol. The first-order valence-electron chi connectivity index (χ1n) is 8.06. The van der Waals surface area contributed by atoms with Crippen LogP contribution in [0.25, 0.3) is 0 Å². The highest BCUT2D eigenvalue weighted by Crippen LogP contribution is 2.30. The summed E-state index contributed by atoms with van der Waals surface area (Å²) in [7, 11) is 0. The average Bonchev–Trinajstić information content (AvgIpc) is 2.64. The number of carbonyl (C=O) groups excluding carboxylic acids is 1. The molecule has 27 heavy (non-hydrogen) atoms. The van der Waals surface area contributed by atoms with Gasteiger partial charge in [0, 0.05) is 18.0 Å². The summed E-state index contributed by atoms with van der Waals surface area (Å²) in [6, 6.07) is 16.2. The minimum absolute atomic E-state index is 0.0237. The van der Waals surface area contributed by atoms with Crippen LogP contribution in [0.4, 0.5) is 18.9 Å². The highest BCUT2D eigenvalue weighted by atomic mass is 19.4. The molecule has 138 valence electrons. The van der Waals surface area contributed by atoms with E-state index in [4.69, 9.17) is 0 Å². The van der Waals surface area contributed by atoms with Crippen molar-refractivity contribution >= 4 is 11.6 Å². The van der Waals surface area contributed by atoms with E-state index in [0.717, 1.165) is 17.7 Å². The maximum atomic E-state index is 12.8. The van der Waals surface area contributed by atoms with Gasteiger partial charge in [-0.25, -0.2) is 0 Å². The van der Waals surface area contributed by atoms with E-state index in [1.54, 1.807) is 0 Å². The Morgan fingerprint density at radius 3 is 2.41 bits per heavy atom. The third kappa shape index (κ3) is 4.63. The second-order valence-electron chi connectivity index (χ2n) is 5.90. The van der Waals surface area contributed by atoms with Crippen molar-refractivity contribution in [3.05, 3.63) is 100.0 Å². The third-order valence-electron chi connectivity index (χ3n) is 3.89. The molecule has 0 atom stereocenters. The smallest absolute Gasteiger partial charge is 0.322 e. The molecule has 1 heterocycles. The van der Waals surface area contributed by atoms with Gasteiger partial charge in [-0.05, 0) is 29.8 Å². The van der Waals surface area contributed by atoms with Crippen molar-refractivity contribution < 1.29 is 18.0 Å². The van der Waals surface area contributed by atoms with Crippen LogP contribution in [0.5, 0.6) is 0 Å². The van der Waals surface area contributed by atoms with E-state index < -0.39 is 17.6 Å².